The van der Waals surface area contributed by atoms with E-state index in [2.05, 4.69) is 52.1 Å². The molecule has 2 N–H and O–H groups in total. The molecule has 100 valence electrons. The van der Waals surface area contributed by atoms with Gasteiger partial charge in [-0.1, -0.05) is 35.5 Å². The van der Waals surface area contributed by atoms with E-state index in [-0.39, 0.29) is 6.04 Å². The zero-order chi connectivity index (χ0) is 13.1. The van der Waals surface area contributed by atoms with E-state index in [1.165, 1.54) is 5.56 Å². The molecule has 0 bridgehead atoms. The molecule has 1 aliphatic heterocycles. The third-order valence-corrected chi connectivity index (χ3v) is 3.56. The molecule has 1 unspecified atom stereocenters. The van der Waals surface area contributed by atoms with Crippen molar-refractivity contribution in [3.05, 3.63) is 47.3 Å². The van der Waals surface area contributed by atoms with Gasteiger partial charge in [0, 0.05) is 19.6 Å². The van der Waals surface area contributed by atoms with Gasteiger partial charge >= 0.3 is 0 Å². The third kappa shape index (κ3) is 2.67. The Balaban J connectivity index is 1.78. The lowest BCUT2D eigenvalue weighted by atomic mass is 10.1. The fraction of sp³-hybridized carbons (Fsp3) is 0.429. The van der Waals surface area contributed by atoms with Crippen molar-refractivity contribution in [3.8, 4) is 0 Å². The van der Waals surface area contributed by atoms with E-state index >= 15 is 0 Å². The lowest BCUT2D eigenvalue weighted by molar-refractivity contribution is 0.421. The molecule has 1 aliphatic rings. The van der Waals surface area contributed by atoms with Crippen LogP contribution >= 0.6 is 0 Å². The van der Waals surface area contributed by atoms with Crippen LogP contribution in [0.4, 0.5) is 0 Å². The zero-order valence-electron chi connectivity index (χ0n) is 11.1. The van der Waals surface area contributed by atoms with Crippen LogP contribution in [0.5, 0.6) is 0 Å². The van der Waals surface area contributed by atoms with Crippen LogP contribution in [0.3, 0.4) is 0 Å². The molecule has 5 heteroatoms. The molecule has 1 fully saturated rings. The lowest BCUT2D eigenvalue weighted by Gasteiger charge is -2.23. The van der Waals surface area contributed by atoms with Crippen molar-refractivity contribution in [2.75, 3.05) is 19.6 Å². The standard InChI is InChI=1S/C14H19N5/c1-11-14(13-9-15-7-8-16-13)17-18-19(11)10-12-5-3-2-4-6-12/h2-6,13,15-16H,7-10H2,1H3. The van der Waals surface area contributed by atoms with E-state index in [1.807, 2.05) is 10.7 Å². The highest BCUT2D eigenvalue weighted by molar-refractivity contribution is 5.18. The molecule has 3 rings (SSSR count). The molecule has 0 spiro atoms. The third-order valence-electron chi connectivity index (χ3n) is 3.56. The van der Waals surface area contributed by atoms with Gasteiger partial charge in [0.05, 0.1) is 18.3 Å². The summed E-state index contributed by atoms with van der Waals surface area (Å²) in [5, 5.41) is 15.5. The summed E-state index contributed by atoms with van der Waals surface area (Å²) in [6.45, 7) is 5.79. The Labute approximate surface area is 113 Å². The van der Waals surface area contributed by atoms with Crippen molar-refractivity contribution in [2.45, 2.75) is 19.5 Å². The van der Waals surface area contributed by atoms with Crippen molar-refractivity contribution in [3.63, 3.8) is 0 Å². The molecule has 1 aromatic carbocycles. The van der Waals surface area contributed by atoms with Gasteiger partial charge in [0.1, 0.15) is 5.69 Å². The van der Waals surface area contributed by atoms with Crippen LogP contribution in [0.2, 0.25) is 0 Å². The topological polar surface area (TPSA) is 54.8 Å². The summed E-state index contributed by atoms with van der Waals surface area (Å²) in [4.78, 5) is 0. The highest BCUT2D eigenvalue weighted by Crippen LogP contribution is 2.16. The second-order valence-corrected chi connectivity index (χ2v) is 4.91. The molecule has 0 saturated carbocycles. The zero-order valence-corrected chi connectivity index (χ0v) is 11.1. The smallest absolute Gasteiger partial charge is 0.104 e. The van der Waals surface area contributed by atoms with Gasteiger partial charge < -0.3 is 10.6 Å². The van der Waals surface area contributed by atoms with Crippen molar-refractivity contribution >= 4 is 0 Å². The van der Waals surface area contributed by atoms with Crippen LogP contribution in [0.25, 0.3) is 0 Å². The summed E-state index contributed by atoms with van der Waals surface area (Å²) >= 11 is 0. The van der Waals surface area contributed by atoms with Crippen LogP contribution in [-0.2, 0) is 6.54 Å². The predicted molar refractivity (Wildman–Crippen MR) is 73.9 cm³/mol. The first-order valence-corrected chi connectivity index (χ1v) is 6.72. The Bertz CT molecular complexity index is 528. The number of nitrogens with zero attached hydrogens (tertiary/aromatic N) is 3. The highest BCUT2D eigenvalue weighted by atomic mass is 15.4. The van der Waals surface area contributed by atoms with Gasteiger partial charge in [0.2, 0.25) is 0 Å². The van der Waals surface area contributed by atoms with Gasteiger partial charge in [-0.05, 0) is 12.5 Å². The van der Waals surface area contributed by atoms with E-state index in [1.54, 1.807) is 0 Å². The monoisotopic (exact) mass is 257 g/mol. The molecule has 0 aliphatic carbocycles. The SMILES string of the molecule is Cc1c(C2CNCCN2)nnn1Cc1ccccc1. The number of nitrogens with one attached hydrogen (secondary N) is 2. The molecular formula is C14H19N5. The largest absolute Gasteiger partial charge is 0.314 e. The second-order valence-electron chi connectivity index (χ2n) is 4.91. The first-order valence-electron chi connectivity index (χ1n) is 6.72. The molecule has 0 amide bonds. The van der Waals surface area contributed by atoms with Crippen LogP contribution in [-0.4, -0.2) is 34.6 Å². The summed E-state index contributed by atoms with van der Waals surface area (Å²) in [5.74, 6) is 0. The Hall–Kier alpha value is -1.72. The summed E-state index contributed by atoms with van der Waals surface area (Å²) in [6, 6.07) is 10.6. The highest BCUT2D eigenvalue weighted by Gasteiger charge is 2.20. The van der Waals surface area contributed by atoms with Crippen molar-refractivity contribution in [1.82, 2.24) is 25.6 Å². The maximum atomic E-state index is 4.35. The van der Waals surface area contributed by atoms with Gasteiger partial charge in [-0.25, -0.2) is 4.68 Å². The maximum absolute atomic E-state index is 4.35. The van der Waals surface area contributed by atoms with Crippen molar-refractivity contribution in [1.29, 1.82) is 0 Å². The normalized spacial score (nSPS) is 19.5. The lowest BCUT2D eigenvalue weighted by Crippen LogP contribution is -2.43. The van der Waals surface area contributed by atoms with Crippen LogP contribution < -0.4 is 10.6 Å². The Kier molecular flexibility index (Phi) is 3.57. The van der Waals surface area contributed by atoms with E-state index < -0.39 is 0 Å². The molecule has 2 heterocycles. The fourth-order valence-corrected chi connectivity index (χ4v) is 2.45. The quantitative estimate of drug-likeness (QED) is 0.856. The minimum atomic E-state index is 0.276. The summed E-state index contributed by atoms with van der Waals surface area (Å²) in [6.07, 6.45) is 0. The van der Waals surface area contributed by atoms with E-state index in [0.717, 1.165) is 37.6 Å². The number of piperazine rings is 1. The van der Waals surface area contributed by atoms with Gasteiger partial charge in [-0.3, -0.25) is 0 Å². The molecule has 2 aromatic rings. The van der Waals surface area contributed by atoms with Gasteiger partial charge in [-0.15, -0.1) is 5.10 Å². The average molecular weight is 257 g/mol. The number of aromatic nitrogens is 3. The first kappa shape index (κ1) is 12.3. The predicted octanol–water partition coefficient (Wildman–Crippen LogP) is 0.869. The Morgan fingerprint density at radius 2 is 2.11 bits per heavy atom. The number of benzene rings is 1. The van der Waals surface area contributed by atoms with E-state index in [4.69, 9.17) is 0 Å². The molecule has 0 radical (unpaired) electrons. The van der Waals surface area contributed by atoms with Crippen LogP contribution in [0, 0.1) is 6.92 Å². The maximum Gasteiger partial charge on any atom is 0.104 e. The molecule has 5 nitrogen and oxygen atoms in total. The molecule has 1 atom stereocenters. The molecular weight excluding hydrogens is 238 g/mol. The summed E-state index contributed by atoms with van der Waals surface area (Å²) < 4.78 is 1.97. The van der Waals surface area contributed by atoms with Crippen molar-refractivity contribution in [2.24, 2.45) is 0 Å². The van der Waals surface area contributed by atoms with Gasteiger partial charge in [0.15, 0.2) is 0 Å². The summed E-state index contributed by atoms with van der Waals surface area (Å²) in [5.41, 5.74) is 3.45. The Morgan fingerprint density at radius 1 is 1.26 bits per heavy atom. The Morgan fingerprint density at radius 3 is 2.84 bits per heavy atom. The molecule has 1 saturated heterocycles. The molecule has 1 aromatic heterocycles. The minimum absolute atomic E-state index is 0.276. The van der Waals surface area contributed by atoms with Crippen LogP contribution in [0.1, 0.15) is 23.0 Å². The fourth-order valence-electron chi connectivity index (χ4n) is 2.45. The number of hydrogen-bond donors (Lipinski definition) is 2. The van der Waals surface area contributed by atoms with Gasteiger partial charge in [-0.2, -0.15) is 0 Å². The van der Waals surface area contributed by atoms with E-state index in [9.17, 15) is 0 Å². The van der Waals surface area contributed by atoms with Crippen LogP contribution in [0.15, 0.2) is 30.3 Å². The minimum Gasteiger partial charge on any atom is -0.314 e. The number of rotatable bonds is 3. The second kappa shape index (κ2) is 5.50. The molecule has 19 heavy (non-hydrogen) atoms. The van der Waals surface area contributed by atoms with Crippen molar-refractivity contribution < 1.29 is 0 Å². The first-order chi connectivity index (χ1) is 9.34. The number of hydrogen-bond acceptors (Lipinski definition) is 4. The van der Waals surface area contributed by atoms with Gasteiger partial charge in [0.25, 0.3) is 0 Å². The summed E-state index contributed by atoms with van der Waals surface area (Å²) in [7, 11) is 0. The van der Waals surface area contributed by atoms with E-state index in [0.29, 0.717) is 0 Å². The average Bonchev–Trinajstić information content (AvgIpc) is 2.82.